The smallest absolute Gasteiger partial charge is 0.337 e. The van der Waals surface area contributed by atoms with Crippen LogP contribution in [0.4, 0.5) is 5.69 Å². The van der Waals surface area contributed by atoms with Gasteiger partial charge in [-0.2, -0.15) is 0 Å². The minimum absolute atomic E-state index is 0.0107. The summed E-state index contributed by atoms with van der Waals surface area (Å²) >= 11 is 5.87. The summed E-state index contributed by atoms with van der Waals surface area (Å²) in [4.78, 5) is 23.0. The van der Waals surface area contributed by atoms with Crippen molar-refractivity contribution in [1.29, 1.82) is 0 Å². The molecule has 126 valence electrons. The Bertz CT molecular complexity index is 572. The maximum atomic E-state index is 12.1. The maximum Gasteiger partial charge on any atom is 0.337 e. The number of amides is 1. The minimum Gasteiger partial charge on any atom is -0.478 e. The molecule has 2 unspecified atom stereocenters. The van der Waals surface area contributed by atoms with Crippen LogP contribution in [0.1, 0.15) is 36.5 Å². The van der Waals surface area contributed by atoms with E-state index >= 15 is 0 Å². The number of carbonyl (C=O) groups excluding carboxylic acids is 1. The number of carbonyl (C=O) groups is 2. The van der Waals surface area contributed by atoms with Gasteiger partial charge in [-0.05, 0) is 44.4 Å². The van der Waals surface area contributed by atoms with Crippen LogP contribution in [-0.2, 0) is 14.3 Å². The first-order chi connectivity index (χ1) is 11.0. The Morgan fingerprint density at radius 1 is 1.48 bits per heavy atom. The van der Waals surface area contributed by atoms with Gasteiger partial charge in [-0.15, -0.1) is 0 Å². The van der Waals surface area contributed by atoms with Crippen molar-refractivity contribution in [2.45, 2.75) is 38.4 Å². The largest absolute Gasteiger partial charge is 0.478 e. The van der Waals surface area contributed by atoms with E-state index in [4.69, 9.17) is 26.2 Å². The molecule has 7 heteroatoms. The third kappa shape index (κ3) is 5.20. The van der Waals surface area contributed by atoms with Gasteiger partial charge in [-0.1, -0.05) is 11.6 Å². The Kier molecular flexibility index (Phi) is 6.38. The highest BCUT2D eigenvalue weighted by Crippen LogP contribution is 2.21. The number of hydrogen-bond donors (Lipinski definition) is 2. The number of carboxylic acids is 1. The molecule has 1 aromatic rings. The van der Waals surface area contributed by atoms with Crippen molar-refractivity contribution in [1.82, 2.24) is 0 Å². The summed E-state index contributed by atoms with van der Waals surface area (Å²) in [6.45, 7) is 2.78. The van der Waals surface area contributed by atoms with Crippen molar-refractivity contribution in [2.75, 3.05) is 18.5 Å². The van der Waals surface area contributed by atoms with E-state index in [2.05, 4.69) is 5.32 Å². The van der Waals surface area contributed by atoms with Crippen LogP contribution in [0, 0.1) is 0 Å². The molecule has 2 N–H and O–H groups in total. The minimum atomic E-state index is -1.11. The lowest BCUT2D eigenvalue weighted by Gasteiger charge is -2.23. The van der Waals surface area contributed by atoms with Crippen LogP contribution in [0.15, 0.2) is 18.2 Å². The lowest BCUT2D eigenvalue weighted by Crippen LogP contribution is -2.32. The van der Waals surface area contributed by atoms with Crippen LogP contribution in [0.2, 0.25) is 5.02 Å². The Hall–Kier alpha value is -1.63. The van der Waals surface area contributed by atoms with Crippen LogP contribution in [0.5, 0.6) is 0 Å². The van der Waals surface area contributed by atoms with Crippen LogP contribution >= 0.6 is 11.6 Å². The first-order valence-electron chi connectivity index (χ1n) is 7.54. The van der Waals surface area contributed by atoms with E-state index in [0.29, 0.717) is 12.3 Å². The van der Waals surface area contributed by atoms with E-state index in [1.165, 1.54) is 18.2 Å². The predicted molar refractivity (Wildman–Crippen MR) is 86.0 cm³/mol. The molecule has 0 aliphatic carbocycles. The molecule has 0 radical (unpaired) electrons. The van der Waals surface area contributed by atoms with Crippen LogP contribution < -0.4 is 5.32 Å². The molecule has 0 spiro atoms. The summed E-state index contributed by atoms with van der Waals surface area (Å²) in [5.41, 5.74) is 0.415. The van der Waals surface area contributed by atoms with Crippen LogP contribution in [0.25, 0.3) is 0 Å². The molecule has 1 aliphatic rings. The Morgan fingerprint density at radius 3 is 2.87 bits per heavy atom. The van der Waals surface area contributed by atoms with E-state index in [1.54, 1.807) is 6.92 Å². The molecule has 0 saturated carbocycles. The number of carboxylic acid groups (broad SMARTS) is 1. The topological polar surface area (TPSA) is 84.9 Å². The maximum absolute atomic E-state index is 12.1. The second-order valence-corrected chi connectivity index (χ2v) is 5.86. The summed E-state index contributed by atoms with van der Waals surface area (Å²) in [5.74, 6) is -1.43. The molecular formula is C16H20ClNO5. The first kappa shape index (κ1) is 17.7. The Labute approximate surface area is 139 Å². The normalized spacial score (nSPS) is 19.1. The second-order valence-electron chi connectivity index (χ2n) is 5.45. The monoisotopic (exact) mass is 341 g/mol. The van der Waals surface area contributed by atoms with E-state index < -0.39 is 12.1 Å². The van der Waals surface area contributed by atoms with Crippen molar-refractivity contribution in [2.24, 2.45) is 0 Å². The number of ether oxygens (including phenoxy) is 2. The van der Waals surface area contributed by atoms with Crippen molar-refractivity contribution >= 4 is 29.2 Å². The Morgan fingerprint density at radius 2 is 2.26 bits per heavy atom. The molecule has 1 heterocycles. The highest BCUT2D eigenvalue weighted by Gasteiger charge is 2.19. The molecule has 1 aromatic carbocycles. The standard InChI is InChI=1S/C16H20ClNO5/c1-10(23-9-12-4-2-3-7-22-12)15(19)18-11-5-6-13(16(20)21)14(17)8-11/h5-6,8,10,12H,2-4,7,9H2,1H3,(H,18,19)(H,20,21). The Balaban J connectivity index is 1.85. The summed E-state index contributed by atoms with van der Waals surface area (Å²) in [7, 11) is 0. The molecule has 0 aromatic heterocycles. The number of nitrogens with one attached hydrogen (secondary N) is 1. The summed E-state index contributed by atoms with van der Waals surface area (Å²) in [6, 6.07) is 4.24. The zero-order valence-electron chi connectivity index (χ0n) is 12.9. The third-order valence-electron chi connectivity index (χ3n) is 3.64. The van der Waals surface area contributed by atoms with Gasteiger partial charge in [0.2, 0.25) is 0 Å². The van der Waals surface area contributed by atoms with E-state index in [1.807, 2.05) is 0 Å². The molecule has 1 saturated heterocycles. The van der Waals surface area contributed by atoms with Crippen LogP contribution in [0.3, 0.4) is 0 Å². The molecule has 23 heavy (non-hydrogen) atoms. The average Bonchev–Trinajstić information content (AvgIpc) is 2.53. The molecule has 6 nitrogen and oxygen atoms in total. The molecule has 1 amide bonds. The summed E-state index contributed by atoms with van der Waals surface area (Å²) in [6.07, 6.45) is 2.53. The fraction of sp³-hybridized carbons (Fsp3) is 0.500. The van der Waals surface area contributed by atoms with Crippen molar-refractivity contribution < 1.29 is 24.2 Å². The fourth-order valence-corrected chi connectivity index (χ4v) is 2.54. The van der Waals surface area contributed by atoms with Gasteiger partial charge < -0.3 is 19.9 Å². The number of benzene rings is 1. The van der Waals surface area contributed by atoms with Gasteiger partial charge in [0.25, 0.3) is 5.91 Å². The number of anilines is 1. The average molecular weight is 342 g/mol. The predicted octanol–water partition coefficient (Wildman–Crippen LogP) is 2.95. The second kappa shape index (κ2) is 8.29. The summed E-state index contributed by atoms with van der Waals surface area (Å²) < 4.78 is 11.1. The van der Waals surface area contributed by atoms with Gasteiger partial charge in [-0.3, -0.25) is 4.79 Å². The van der Waals surface area contributed by atoms with Gasteiger partial charge in [0, 0.05) is 12.3 Å². The van der Waals surface area contributed by atoms with Crippen molar-refractivity contribution in [3.63, 3.8) is 0 Å². The van der Waals surface area contributed by atoms with Gasteiger partial charge in [0.15, 0.2) is 0 Å². The molecule has 1 aliphatic heterocycles. The van der Waals surface area contributed by atoms with E-state index in [9.17, 15) is 9.59 Å². The lowest BCUT2D eigenvalue weighted by molar-refractivity contribution is -0.130. The van der Waals surface area contributed by atoms with Crippen molar-refractivity contribution in [3.8, 4) is 0 Å². The lowest BCUT2D eigenvalue weighted by atomic mass is 10.1. The number of halogens is 1. The number of hydrogen-bond acceptors (Lipinski definition) is 4. The first-order valence-corrected chi connectivity index (χ1v) is 7.92. The molecule has 1 fully saturated rings. The zero-order valence-corrected chi connectivity index (χ0v) is 13.6. The van der Waals surface area contributed by atoms with E-state index in [-0.39, 0.29) is 22.6 Å². The SMILES string of the molecule is CC(OCC1CCCCO1)C(=O)Nc1ccc(C(=O)O)c(Cl)c1. The molecule has 0 bridgehead atoms. The molecule has 2 atom stereocenters. The molecular weight excluding hydrogens is 322 g/mol. The fourth-order valence-electron chi connectivity index (χ4n) is 2.28. The van der Waals surface area contributed by atoms with Crippen LogP contribution in [-0.4, -0.2) is 42.4 Å². The van der Waals surface area contributed by atoms with E-state index in [0.717, 1.165) is 25.9 Å². The highest BCUT2D eigenvalue weighted by atomic mass is 35.5. The van der Waals surface area contributed by atoms with Gasteiger partial charge in [0.05, 0.1) is 23.3 Å². The quantitative estimate of drug-likeness (QED) is 0.831. The highest BCUT2D eigenvalue weighted by molar-refractivity contribution is 6.33. The van der Waals surface area contributed by atoms with Crippen molar-refractivity contribution in [3.05, 3.63) is 28.8 Å². The van der Waals surface area contributed by atoms with Gasteiger partial charge in [0.1, 0.15) is 6.10 Å². The zero-order chi connectivity index (χ0) is 16.8. The van der Waals surface area contributed by atoms with Gasteiger partial charge >= 0.3 is 5.97 Å². The third-order valence-corrected chi connectivity index (χ3v) is 3.96. The number of rotatable bonds is 6. The number of aromatic carboxylic acids is 1. The summed E-state index contributed by atoms with van der Waals surface area (Å²) in [5, 5.41) is 11.6. The molecule has 2 rings (SSSR count). The van der Waals surface area contributed by atoms with Gasteiger partial charge in [-0.25, -0.2) is 4.79 Å².